The lowest BCUT2D eigenvalue weighted by Gasteiger charge is -2.30. The van der Waals surface area contributed by atoms with Gasteiger partial charge in [0.2, 0.25) is 0 Å². The van der Waals surface area contributed by atoms with Crippen molar-refractivity contribution in [1.29, 1.82) is 0 Å². The molecule has 2 aliphatic rings. The van der Waals surface area contributed by atoms with Crippen LogP contribution in [0.15, 0.2) is 42.7 Å². The van der Waals surface area contributed by atoms with Crippen LogP contribution in [0.25, 0.3) is 5.52 Å². The number of pyridine rings is 1. The molecular formula is C24H26FN3O3. The van der Waals surface area contributed by atoms with E-state index in [4.69, 9.17) is 9.47 Å². The van der Waals surface area contributed by atoms with Crippen LogP contribution in [0.4, 0.5) is 10.1 Å². The molecule has 0 saturated carbocycles. The van der Waals surface area contributed by atoms with E-state index < -0.39 is 0 Å². The van der Waals surface area contributed by atoms with Gasteiger partial charge in [0.05, 0.1) is 36.5 Å². The molecule has 0 bridgehead atoms. The van der Waals surface area contributed by atoms with E-state index in [9.17, 15) is 9.18 Å². The molecule has 0 spiro atoms. The molecule has 0 amide bonds. The molecule has 1 atom stereocenters. The van der Waals surface area contributed by atoms with Crippen molar-refractivity contribution in [1.82, 2.24) is 9.61 Å². The molecular weight excluding hydrogens is 397 g/mol. The Morgan fingerprint density at radius 3 is 2.84 bits per heavy atom. The number of benzene rings is 1. The fraction of sp³-hybridized carbons (Fsp3) is 0.417. The van der Waals surface area contributed by atoms with Gasteiger partial charge in [0.1, 0.15) is 17.7 Å². The van der Waals surface area contributed by atoms with Crippen molar-refractivity contribution >= 4 is 17.0 Å². The van der Waals surface area contributed by atoms with Gasteiger partial charge >= 0.3 is 0 Å². The molecule has 7 heteroatoms. The minimum Gasteiger partial charge on any atom is -0.490 e. The lowest BCUT2D eigenvalue weighted by atomic mass is 10.0. The molecule has 3 aromatic rings. The number of ketones is 1. The van der Waals surface area contributed by atoms with Crippen LogP contribution < -0.4 is 9.64 Å². The molecule has 1 aromatic carbocycles. The van der Waals surface area contributed by atoms with E-state index >= 15 is 0 Å². The van der Waals surface area contributed by atoms with E-state index in [1.165, 1.54) is 6.07 Å². The van der Waals surface area contributed by atoms with Crippen molar-refractivity contribution in [3.63, 3.8) is 0 Å². The first-order valence-electron chi connectivity index (χ1n) is 10.9. The number of carbonyl (C=O) groups excluding carboxylic acids is 1. The number of fused-ring (bicyclic) bond motifs is 1. The highest BCUT2D eigenvalue weighted by atomic mass is 19.1. The van der Waals surface area contributed by atoms with Crippen molar-refractivity contribution in [3.8, 4) is 5.75 Å². The van der Waals surface area contributed by atoms with Gasteiger partial charge in [0.15, 0.2) is 5.78 Å². The largest absolute Gasteiger partial charge is 0.490 e. The molecule has 2 aliphatic heterocycles. The number of carbonyl (C=O) groups is 1. The highest BCUT2D eigenvalue weighted by molar-refractivity contribution is 6.00. The van der Waals surface area contributed by atoms with Gasteiger partial charge in [-0.1, -0.05) is 0 Å². The SMILES string of the molecule is CC(=O)c1cnn2ccc(N3CCC[C@@H]3c3cc(F)ccc3OC3CCOCC3)cc12. The number of hydrogen-bond donors (Lipinski definition) is 0. The Hall–Kier alpha value is -2.93. The van der Waals surface area contributed by atoms with Crippen molar-refractivity contribution in [2.45, 2.75) is 44.8 Å². The van der Waals surface area contributed by atoms with Gasteiger partial charge in [-0.2, -0.15) is 5.10 Å². The van der Waals surface area contributed by atoms with Crippen LogP contribution in [-0.4, -0.2) is 41.3 Å². The summed E-state index contributed by atoms with van der Waals surface area (Å²) >= 11 is 0. The van der Waals surface area contributed by atoms with Gasteiger partial charge in [0, 0.05) is 36.8 Å². The lowest BCUT2D eigenvalue weighted by molar-refractivity contribution is 0.0250. The summed E-state index contributed by atoms with van der Waals surface area (Å²) in [6.45, 7) is 3.80. The zero-order chi connectivity index (χ0) is 21.4. The Kier molecular flexibility index (Phi) is 5.36. The predicted molar refractivity (Wildman–Crippen MR) is 115 cm³/mol. The Labute approximate surface area is 180 Å². The van der Waals surface area contributed by atoms with Crippen molar-refractivity contribution in [2.24, 2.45) is 0 Å². The average molecular weight is 423 g/mol. The van der Waals surface area contributed by atoms with E-state index in [2.05, 4.69) is 10.00 Å². The second-order valence-corrected chi connectivity index (χ2v) is 8.29. The molecule has 0 unspecified atom stereocenters. The first-order chi connectivity index (χ1) is 15.1. The molecule has 0 radical (unpaired) electrons. The Balaban J connectivity index is 1.49. The highest BCUT2D eigenvalue weighted by Gasteiger charge is 2.30. The molecule has 4 heterocycles. The van der Waals surface area contributed by atoms with Gasteiger partial charge in [0.25, 0.3) is 0 Å². The summed E-state index contributed by atoms with van der Waals surface area (Å²) in [6.07, 6.45) is 7.18. The first-order valence-corrected chi connectivity index (χ1v) is 10.9. The highest BCUT2D eigenvalue weighted by Crippen LogP contribution is 2.41. The Morgan fingerprint density at radius 2 is 2.03 bits per heavy atom. The van der Waals surface area contributed by atoms with Crippen LogP contribution in [-0.2, 0) is 4.74 Å². The second-order valence-electron chi connectivity index (χ2n) is 8.29. The Morgan fingerprint density at radius 1 is 1.19 bits per heavy atom. The van der Waals surface area contributed by atoms with Crippen LogP contribution in [0.5, 0.6) is 5.75 Å². The fourth-order valence-electron chi connectivity index (χ4n) is 4.68. The number of aromatic nitrogens is 2. The maximum atomic E-state index is 14.3. The standard InChI is InChI=1S/C24H26FN3O3/c1-16(29)21-15-26-28-10-6-18(14-23(21)28)27-9-2-3-22(27)20-13-17(25)4-5-24(20)31-19-7-11-30-12-8-19/h4-6,10,13-15,19,22H,2-3,7-9,11-12H2,1H3/t22-/m1/s1. The predicted octanol–water partition coefficient (Wildman–Crippen LogP) is 4.58. The van der Waals surface area contributed by atoms with Gasteiger partial charge in [-0.25, -0.2) is 8.91 Å². The number of Topliss-reactive ketones (excluding diaryl/α,β-unsaturated/α-hetero) is 1. The molecule has 2 fully saturated rings. The van der Waals surface area contributed by atoms with Crippen molar-refractivity contribution in [2.75, 3.05) is 24.7 Å². The molecule has 5 rings (SSSR count). The van der Waals surface area contributed by atoms with Gasteiger partial charge in [-0.05, 0) is 50.1 Å². The van der Waals surface area contributed by atoms with E-state index in [1.54, 1.807) is 29.8 Å². The maximum absolute atomic E-state index is 14.3. The minimum atomic E-state index is -0.258. The summed E-state index contributed by atoms with van der Waals surface area (Å²) in [5, 5.41) is 4.27. The summed E-state index contributed by atoms with van der Waals surface area (Å²) in [6, 6.07) is 8.84. The number of rotatable bonds is 5. The van der Waals surface area contributed by atoms with Crippen molar-refractivity contribution in [3.05, 3.63) is 59.7 Å². The molecule has 2 aromatic heterocycles. The normalized spacial score (nSPS) is 19.8. The summed E-state index contributed by atoms with van der Waals surface area (Å²) in [5.74, 6) is 0.480. The lowest BCUT2D eigenvalue weighted by Crippen LogP contribution is -2.28. The van der Waals surface area contributed by atoms with Crippen LogP contribution in [0.2, 0.25) is 0 Å². The summed E-state index contributed by atoms with van der Waals surface area (Å²) in [4.78, 5) is 14.3. The van der Waals surface area contributed by atoms with Crippen LogP contribution in [0, 0.1) is 5.82 Å². The van der Waals surface area contributed by atoms with Crippen LogP contribution in [0.1, 0.15) is 54.6 Å². The number of hydrogen-bond acceptors (Lipinski definition) is 5. The van der Waals surface area contributed by atoms with Gasteiger partial charge in [-0.15, -0.1) is 0 Å². The molecule has 162 valence electrons. The first kappa shape index (κ1) is 20.0. The summed E-state index contributed by atoms with van der Waals surface area (Å²) < 4.78 is 27.7. The van der Waals surface area contributed by atoms with Crippen LogP contribution in [0.3, 0.4) is 0 Å². The van der Waals surface area contributed by atoms with E-state index in [1.807, 2.05) is 18.3 Å². The number of anilines is 1. The molecule has 2 saturated heterocycles. The minimum absolute atomic E-state index is 0.0108. The van der Waals surface area contributed by atoms with E-state index in [-0.39, 0.29) is 23.7 Å². The number of ether oxygens (including phenoxy) is 2. The average Bonchev–Trinajstić information content (AvgIpc) is 3.42. The second kappa shape index (κ2) is 8.30. The van der Waals surface area contributed by atoms with Gasteiger partial charge in [-0.3, -0.25) is 4.79 Å². The molecule has 0 N–H and O–H groups in total. The van der Waals surface area contributed by atoms with E-state index in [0.29, 0.717) is 18.8 Å². The Bertz CT molecular complexity index is 1110. The number of halogens is 1. The third kappa shape index (κ3) is 3.90. The third-order valence-electron chi connectivity index (χ3n) is 6.26. The number of nitrogens with zero attached hydrogens (tertiary/aromatic N) is 3. The summed E-state index contributed by atoms with van der Waals surface area (Å²) in [5.41, 5.74) is 3.27. The third-order valence-corrected chi connectivity index (χ3v) is 6.26. The van der Waals surface area contributed by atoms with Crippen molar-refractivity contribution < 1.29 is 18.7 Å². The molecule has 31 heavy (non-hydrogen) atoms. The molecule has 6 nitrogen and oxygen atoms in total. The van der Waals surface area contributed by atoms with E-state index in [0.717, 1.165) is 54.7 Å². The fourth-order valence-corrected chi connectivity index (χ4v) is 4.68. The topological polar surface area (TPSA) is 56.1 Å². The smallest absolute Gasteiger partial charge is 0.163 e. The zero-order valence-corrected chi connectivity index (χ0v) is 17.6. The van der Waals surface area contributed by atoms with Crippen LogP contribution >= 0.6 is 0 Å². The summed E-state index contributed by atoms with van der Waals surface area (Å²) in [7, 11) is 0. The quantitative estimate of drug-likeness (QED) is 0.563. The monoisotopic (exact) mass is 423 g/mol. The zero-order valence-electron chi connectivity index (χ0n) is 17.6. The van der Waals surface area contributed by atoms with Gasteiger partial charge < -0.3 is 14.4 Å². The maximum Gasteiger partial charge on any atom is 0.163 e. The molecule has 0 aliphatic carbocycles.